The first-order chi connectivity index (χ1) is 7.92. The lowest BCUT2D eigenvalue weighted by atomic mass is 10.0. The topological polar surface area (TPSA) is 30.5 Å². The highest BCUT2D eigenvalue weighted by Gasteiger charge is 2.20. The van der Waals surface area contributed by atoms with Gasteiger partial charge in [0.25, 0.3) is 0 Å². The van der Waals surface area contributed by atoms with E-state index in [1.54, 1.807) is 7.11 Å². The van der Waals surface area contributed by atoms with Crippen LogP contribution in [-0.4, -0.2) is 26.9 Å². The number of methoxy groups -OCH3 is 1. The summed E-state index contributed by atoms with van der Waals surface area (Å²) >= 11 is 0. The van der Waals surface area contributed by atoms with Crippen LogP contribution in [0.25, 0.3) is 0 Å². The Bertz CT molecular complexity index is 327. The summed E-state index contributed by atoms with van der Waals surface area (Å²) in [6.45, 7) is 3.13. The average Bonchev–Trinajstić information content (AvgIpc) is 2.73. The van der Waals surface area contributed by atoms with E-state index in [0.29, 0.717) is 19.3 Å². The monoisotopic (exact) mass is 221 g/mol. The Morgan fingerprint density at radius 3 is 3.00 bits per heavy atom. The van der Waals surface area contributed by atoms with Gasteiger partial charge in [0, 0.05) is 26.3 Å². The molecule has 0 saturated heterocycles. The molecule has 3 heteroatoms. The summed E-state index contributed by atoms with van der Waals surface area (Å²) in [7, 11) is 1.69. The zero-order valence-corrected chi connectivity index (χ0v) is 9.74. The van der Waals surface area contributed by atoms with Gasteiger partial charge in [0.15, 0.2) is 0 Å². The second-order valence-corrected chi connectivity index (χ2v) is 4.03. The minimum Gasteiger partial charge on any atom is -0.382 e. The van der Waals surface area contributed by atoms with Crippen molar-refractivity contribution in [2.75, 3.05) is 26.9 Å². The summed E-state index contributed by atoms with van der Waals surface area (Å²) in [5, 5.41) is 3.50. The molecule has 0 aromatic heterocycles. The third-order valence-electron chi connectivity index (χ3n) is 2.95. The van der Waals surface area contributed by atoms with Crippen LogP contribution in [0.1, 0.15) is 23.6 Å². The summed E-state index contributed by atoms with van der Waals surface area (Å²) in [4.78, 5) is 0. The van der Waals surface area contributed by atoms with Gasteiger partial charge in [-0.3, -0.25) is 0 Å². The summed E-state index contributed by atoms with van der Waals surface area (Å²) in [6, 6.07) is 9.05. The lowest BCUT2D eigenvalue weighted by Crippen LogP contribution is -2.15. The Hall–Kier alpha value is -0.900. The molecule has 1 aliphatic rings. The van der Waals surface area contributed by atoms with E-state index in [9.17, 15) is 0 Å². The highest BCUT2D eigenvalue weighted by Crippen LogP contribution is 2.27. The Labute approximate surface area is 96.8 Å². The molecule has 0 amide bonds. The van der Waals surface area contributed by atoms with Gasteiger partial charge in [-0.1, -0.05) is 24.3 Å². The lowest BCUT2D eigenvalue weighted by Gasteiger charge is -2.12. The van der Waals surface area contributed by atoms with Gasteiger partial charge in [0.1, 0.15) is 0 Å². The standard InChI is InChI=1S/C13H19NO2/c1-15-8-9-16-7-6-13-12-5-3-2-4-11(12)10-14-13/h2-5,13-14H,6-10H2,1H3. The van der Waals surface area contributed by atoms with Crippen LogP contribution < -0.4 is 5.32 Å². The number of hydrogen-bond donors (Lipinski definition) is 1. The van der Waals surface area contributed by atoms with E-state index in [1.165, 1.54) is 11.1 Å². The molecule has 1 heterocycles. The maximum Gasteiger partial charge on any atom is 0.0700 e. The highest BCUT2D eigenvalue weighted by molar-refractivity contribution is 5.33. The normalized spacial score (nSPS) is 18.7. The number of benzene rings is 1. The quantitative estimate of drug-likeness (QED) is 0.744. The lowest BCUT2D eigenvalue weighted by molar-refractivity contribution is 0.0661. The van der Waals surface area contributed by atoms with E-state index in [4.69, 9.17) is 9.47 Å². The maximum absolute atomic E-state index is 5.49. The van der Waals surface area contributed by atoms with Gasteiger partial charge in [-0.2, -0.15) is 0 Å². The largest absolute Gasteiger partial charge is 0.382 e. The second kappa shape index (κ2) is 5.99. The SMILES string of the molecule is COCCOCCC1NCc2ccccc21. The minimum atomic E-state index is 0.457. The van der Waals surface area contributed by atoms with E-state index in [2.05, 4.69) is 29.6 Å². The fourth-order valence-corrected chi connectivity index (χ4v) is 2.08. The van der Waals surface area contributed by atoms with E-state index >= 15 is 0 Å². The van der Waals surface area contributed by atoms with Gasteiger partial charge in [0.05, 0.1) is 13.2 Å². The molecule has 2 rings (SSSR count). The molecule has 0 saturated carbocycles. The molecule has 1 aromatic rings. The molecule has 1 aromatic carbocycles. The summed E-state index contributed by atoms with van der Waals surface area (Å²) in [6.07, 6.45) is 1.03. The molecule has 3 nitrogen and oxygen atoms in total. The Morgan fingerprint density at radius 1 is 1.25 bits per heavy atom. The minimum absolute atomic E-state index is 0.457. The molecule has 0 bridgehead atoms. The van der Waals surface area contributed by atoms with Gasteiger partial charge in [-0.25, -0.2) is 0 Å². The molecule has 1 atom stereocenters. The first-order valence-corrected chi connectivity index (χ1v) is 5.79. The van der Waals surface area contributed by atoms with E-state index in [1.807, 2.05) is 0 Å². The average molecular weight is 221 g/mol. The van der Waals surface area contributed by atoms with Crippen molar-refractivity contribution in [1.82, 2.24) is 5.32 Å². The van der Waals surface area contributed by atoms with Gasteiger partial charge >= 0.3 is 0 Å². The summed E-state index contributed by atoms with van der Waals surface area (Å²) in [5.41, 5.74) is 2.85. The van der Waals surface area contributed by atoms with Crippen LogP contribution in [-0.2, 0) is 16.0 Å². The molecule has 1 N–H and O–H groups in total. The van der Waals surface area contributed by atoms with Crippen molar-refractivity contribution in [3.05, 3.63) is 35.4 Å². The third kappa shape index (κ3) is 2.82. The van der Waals surface area contributed by atoms with Crippen LogP contribution in [0.4, 0.5) is 0 Å². The Balaban J connectivity index is 1.76. The van der Waals surface area contributed by atoms with Crippen LogP contribution in [0.3, 0.4) is 0 Å². The molecule has 1 unspecified atom stereocenters. The van der Waals surface area contributed by atoms with Gasteiger partial charge in [0.2, 0.25) is 0 Å². The fourth-order valence-electron chi connectivity index (χ4n) is 2.08. The van der Waals surface area contributed by atoms with Crippen LogP contribution in [0.2, 0.25) is 0 Å². The predicted molar refractivity (Wildman–Crippen MR) is 63.3 cm³/mol. The predicted octanol–water partition coefficient (Wildman–Crippen LogP) is 1.88. The first kappa shape index (κ1) is 11.6. The van der Waals surface area contributed by atoms with Crippen molar-refractivity contribution in [3.8, 4) is 0 Å². The van der Waals surface area contributed by atoms with Crippen molar-refractivity contribution >= 4 is 0 Å². The smallest absolute Gasteiger partial charge is 0.0700 e. The number of rotatable bonds is 6. The Morgan fingerprint density at radius 2 is 2.12 bits per heavy atom. The molecule has 88 valence electrons. The van der Waals surface area contributed by atoms with Crippen LogP contribution >= 0.6 is 0 Å². The second-order valence-electron chi connectivity index (χ2n) is 4.03. The first-order valence-electron chi connectivity index (χ1n) is 5.79. The summed E-state index contributed by atoms with van der Waals surface area (Å²) < 4.78 is 10.4. The van der Waals surface area contributed by atoms with Crippen molar-refractivity contribution in [2.45, 2.75) is 19.0 Å². The van der Waals surface area contributed by atoms with Crippen LogP contribution in [0.15, 0.2) is 24.3 Å². The molecule has 0 fully saturated rings. The molecule has 1 aliphatic heterocycles. The molecule has 0 aliphatic carbocycles. The molecule has 0 radical (unpaired) electrons. The molecular weight excluding hydrogens is 202 g/mol. The van der Waals surface area contributed by atoms with Crippen molar-refractivity contribution in [1.29, 1.82) is 0 Å². The van der Waals surface area contributed by atoms with Gasteiger partial charge in [-0.15, -0.1) is 0 Å². The number of ether oxygens (including phenoxy) is 2. The number of hydrogen-bond acceptors (Lipinski definition) is 3. The third-order valence-corrected chi connectivity index (χ3v) is 2.95. The zero-order chi connectivity index (χ0) is 11.2. The van der Waals surface area contributed by atoms with Gasteiger partial charge < -0.3 is 14.8 Å². The van der Waals surface area contributed by atoms with Crippen molar-refractivity contribution < 1.29 is 9.47 Å². The maximum atomic E-state index is 5.49. The Kier molecular flexibility index (Phi) is 4.34. The molecule has 0 spiro atoms. The van der Waals surface area contributed by atoms with E-state index in [0.717, 1.165) is 19.6 Å². The zero-order valence-electron chi connectivity index (χ0n) is 9.74. The molecule has 16 heavy (non-hydrogen) atoms. The van der Waals surface area contributed by atoms with E-state index in [-0.39, 0.29) is 0 Å². The highest BCUT2D eigenvalue weighted by atomic mass is 16.5. The fraction of sp³-hybridized carbons (Fsp3) is 0.538. The molecular formula is C13H19NO2. The number of nitrogens with one attached hydrogen (secondary N) is 1. The van der Waals surface area contributed by atoms with Crippen LogP contribution in [0.5, 0.6) is 0 Å². The van der Waals surface area contributed by atoms with E-state index < -0.39 is 0 Å². The van der Waals surface area contributed by atoms with Crippen molar-refractivity contribution in [2.24, 2.45) is 0 Å². The number of fused-ring (bicyclic) bond motifs is 1. The van der Waals surface area contributed by atoms with Crippen LogP contribution in [0, 0.1) is 0 Å². The van der Waals surface area contributed by atoms with Gasteiger partial charge in [-0.05, 0) is 17.5 Å². The van der Waals surface area contributed by atoms with Crippen molar-refractivity contribution in [3.63, 3.8) is 0 Å². The summed E-state index contributed by atoms with van der Waals surface area (Å²) in [5.74, 6) is 0.